The Labute approximate surface area is 115 Å². The van der Waals surface area contributed by atoms with Gasteiger partial charge in [-0.3, -0.25) is 4.79 Å². The van der Waals surface area contributed by atoms with Crippen LogP contribution in [0, 0.1) is 5.82 Å². The van der Waals surface area contributed by atoms with Crippen molar-refractivity contribution >= 4 is 21.8 Å². The molecule has 0 saturated heterocycles. The number of hydrogen-bond donors (Lipinski definition) is 2. The van der Waals surface area contributed by atoms with E-state index in [1.807, 2.05) is 13.8 Å². The number of carbonyl (C=O) groups is 1. The molecule has 0 radical (unpaired) electrons. The molecule has 1 unspecified atom stereocenters. The van der Waals surface area contributed by atoms with Gasteiger partial charge in [-0.25, -0.2) is 4.39 Å². The zero-order valence-electron chi connectivity index (χ0n) is 10.5. The molecule has 1 aromatic rings. The number of aliphatic hydroxyl groups is 1. The molecule has 2 N–H and O–H groups in total. The van der Waals surface area contributed by atoms with Crippen LogP contribution in [-0.4, -0.2) is 23.2 Å². The molecule has 5 heteroatoms. The van der Waals surface area contributed by atoms with E-state index in [4.69, 9.17) is 5.11 Å². The second-order valence-electron chi connectivity index (χ2n) is 4.44. The van der Waals surface area contributed by atoms with Gasteiger partial charge in [-0.2, -0.15) is 0 Å². The Kier molecular flexibility index (Phi) is 5.28. The molecule has 0 heterocycles. The normalized spacial score (nSPS) is 14.1. The van der Waals surface area contributed by atoms with Gasteiger partial charge in [0.2, 0.25) is 0 Å². The second-order valence-corrected chi connectivity index (χ2v) is 5.30. The Bertz CT molecular complexity index is 439. The molecule has 0 aliphatic rings. The molecule has 100 valence electrons. The Hall–Kier alpha value is -0.940. The van der Waals surface area contributed by atoms with Crippen LogP contribution < -0.4 is 5.32 Å². The highest BCUT2D eigenvalue weighted by atomic mass is 79.9. The van der Waals surface area contributed by atoms with Gasteiger partial charge in [-0.05, 0) is 47.8 Å². The number of aliphatic hydroxyl groups excluding tert-OH is 1. The molecule has 0 bridgehead atoms. The fourth-order valence-electron chi connectivity index (χ4n) is 1.60. The summed E-state index contributed by atoms with van der Waals surface area (Å²) in [6, 6.07) is 4.58. The monoisotopic (exact) mass is 317 g/mol. The molecule has 1 amide bonds. The van der Waals surface area contributed by atoms with Gasteiger partial charge in [-0.15, -0.1) is 0 Å². The Balaban J connectivity index is 2.91. The van der Waals surface area contributed by atoms with E-state index in [1.54, 1.807) is 12.1 Å². The minimum atomic E-state index is -0.572. The van der Waals surface area contributed by atoms with Crippen molar-refractivity contribution in [2.24, 2.45) is 0 Å². The maximum absolute atomic E-state index is 13.8. The van der Waals surface area contributed by atoms with E-state index in [-0.39, 0.29) is 16.6 Å². The molecule has 0 fully saturated rings. The largest absolute Gasteiger partial charge is 0.396 e. The van der Waals surface area contributed by atoms with E-state index in [1.165, 1.54) is 6.07 Å². The second kappa shape index (κ2) is 6.29. The van der Waals surface area contributed by atoms with Gasteiger partial charge in [0.25, 0.3) is 5.91 Å². The Morgan fingerprint density at radius 3 is 2.78 bits per heavy atom. The van der Waals surface area contributed by atoms with E-state index in [9.17, 15) is 9.18 Å². The molecule has 1 aromatic carbocycles. The lowest BCUT2D eigenvalue weighted by Gasteiger charge is -2.29. The van der Waals surface area contributed by atoms with Gasteiger partial charge in [-0.1, -0.05) is 13.0 Å². The summed E-state index contributed by atoms with van der Waals surface area (Å²) in [6.45, 7) is 3.72. The molecule has 1 atom stereocenters. The van der Waals surface area contributed by atoms with Crippen LogP contribution in [-0.2, 0) is 0 Å². The predicted molar refractivity (Wildman–Crippen MR) is 72.0 cm³/mol. The summed E-state index contributed by atoms with van der Waals surface area (Å²) in [6.07, 6.45) is 1.10. The summed E-state index contributed by atoms with van der Waals surface area (Å²) in [7, 11) is 0. The number of carbonyl (C=O) groups excluding carboxylic acids is 1. The Morgan fingerprint density at radius 2 is 2.22 bits per heavy atom. The summed E-state index contributed by atoms with van der Waals surface area (Å²) in [4.78, 5) is 12.0. The van der Waals surface area contributed by atoms with E-state index >= 15 is 0 Å². The molecule has 0 saturated carbocycles. The molecule has 0 spiro atoms. The minimum absolute atomic E-state index is 0.00184. The maximum atomic E-state index is 13.8. The van der Waals surface area contributed by atoms with Crippen molar-refractivity contribution in [1.82, 2.24) is 5.32 Å². The van der Waals surface area contributed by atoms with Gasteiger partial charge >= 0.3 is 0 Å². The van der Waals surface area contributed by atoms with Crippen LogP contribution in [0.4, 0.5) is 4.39 Å². The van der Waals surface area contributed by atoms with Crippen LogP contribution in [0.5, 0.6) is 0 Å². The topological polar surface area (TPSA) is 49.3 Å². The van der Waals surface area contributed by atoms with Gasteiger partial charge in [0.1, 0.15) is 5.82 Å². The molecule has 0 aliphatic carbocycles. The zero-order chi connectivity index (χ0) is 13.8. The molecule has 1 rings (SSSR count). The van der Waals surface area contributed by atoms with Crippen LogP contribution in [0.3, 0.4) is 0 Å². The average molecular weight is 318 g/mol. The lowest BCUT2D eigenvalue weighted by molar-refractivity contribution is 0.0882. The first-order valence-electron chi connectivity index (χ1n) is 5.81. The fraction of sp³-hybridized carbons (Fsp3) is 0.462. The van der Waals surface area contributed by atoms with Crippen molar-refractivity contribution in [3.63, 3.8) is 0 Å². The highest BCUT2D eigenvalue weighted by Gasteiger charge is 2.25. The number of hydrogen-bond acceptors (Lipinski definition) is 2. The first kappa shape index (κ1) is 15.1. The van der Waals surface area contributed by atoms with Crippen molar-refractivity contribution < 1.29 is 14.3 Å². The van der Waals surface area contributed by atoms with E-state index in [2.05, 4.69) is 21.2 Å². The van der Waals surface area contributed by atoms with Crippen molar-refractivity contribution in [2.75, 3.05) is 6.61 Å². The van der Waals surface area contributed by atoms with E-state index < -0.39 is 17.3 Å². The smallest absolute Gasteiger partial charge is 0.254 e. The van der Waals surface area contributed by atoms with Gasteiger partial charge in [0.15, 0.2) is 0 Å². The van der Waals surface area contributed by atoms with E-state index in [0.29, 0.717) is 12.8 Å². The summed E-state index contributed by atoms with van der Waals surface area (Å²) < 4.78 is 14.0. The number of benzene rings is 1. The fourth-order valence-corrected chi connectivity index (χ4v) is 1.96. The predicted octanol–water partition coefficient (Wildman–Crippen LogP) is 2.87. The number of nitrogens with one attached hydrogen (secondary N) is 1. The van der Waals surface area contributed by atoms with Gasteiger partial charge in [0, 0.05) is 12.1 Å². The summed E-state index contributed by atoms with van der Waals surface area (Å²) >= 11 is 3.05. The molecular weight excluding hydrogens is 301 g/mol. The van der Waals surface area contributed by atoms with Crippen LogP contribution in [0.25, 0.3) is 0 Å². The molecule has 3 nitrogen and oxygen atoms in total. The molecular formula is C13H17BrFNO2. The molecule has 0 aromatic heterocycles. The molecule has 0 aliphatic heterocycles. The van der Waals surface area contributed by atoms with Crippen molar-refractivity contribution in [1.29, 1.82) is 0 Å². The highest BCUT2D eigenvalue weighted by Crippen LogP contribution is 2.20. The van der Waals surface area contributed by atoms with Gasteiger partial charge < -0.3 is 10.4 Å². The summed E-state index contributed by atoms with van der Waals surface area (Å²) in [5, 5.41) is 11.8. The average Bonchev–Trinajstić information content (AvgIpc) is 2.32. The summed E-state index contributed by atoms with van der Waals surface area (Å²) in [5.41, 5.74) is -0.525. The molecule has 18 heavy (non-hydrogen) atoms. The third kappa shape index (κ3) is 3.53. The SMILES string of the molecule is CCC(C)(CCO)NC(=O)c1cccc(Br)c1F. The minimum Gasteiger partial charge on any atom is -0.396 e. The lowest BCUT2D eigenvalue weighted by Crippen LogP contribution is -2.46. The third-order valence-corrected chi connectivity index (χ3v) is 3.67. The first-order valence-corrected chi connectivity index (χ1v) is 6.60. The van der Waals surface area contributed by atoms with Crippen molar-refractivity contribution in [2.45, 2.75) is 32.2 Å². The Morgan fingerprint density at radius 1 is 1.56 bits per heavy atom. The van der Waals surface area contributed by atoms with Crippen LogP contribution >= 0.6 is 15.9 Å². The number of amides is 1. The zero-order valence-corrected chi connectivity index (χ0v) is 12.1. The standard InChI is InChI=1S/C13H17BrFNO2/c1-3-13(2,7-8-17)16-12(18)9-5-4-6-10(14)11(9)15/h4-6,17H,3,7-8H2,1-2H3,(H,16,18). The maximum Gasteiger partial charge on any atom is 0.254 e. The van der Waals surface area contributed by atoms with E-state index in [0.717, 1.165) is 0 Å². The van der Waals surface area contributed by atoms with Crippen LogP contribution in [0.1, 0.15) is 37.0 Å². The van der Waals surface area contributed by atoms with Crippen LogP contribution in [0.2, 0.25) is 0 Å². The van der Waals surface area contributed by atoms with Crippen molar-refractivity contribution in [3.05, 3.63) is 34.1 Å². The quantitative estimate of drug-likeness (QED) is 0.877. The summed E-state index contributed by atoms with van der Waals surface area (Å²) in [5.74, 6) is -1.04. The van der Waals surface area contributed by atoms with Crippen molar-refractivity contribution in [3.8, 4) is 0 Å². The lowest BCUT2D eigenvalue weighted by atomic mass is 9.94. The van der Waals surface area contributed by atoms with Crippen LogP contribution in [0.15, 0.2) is 22.7 Å². The first-order chi connectivity index (χ1) is 8.43. The number of rotatable bonds is 5. The third-order valence-electron chi connectivity index (χ3n) is 3.06. The number of halogens is 2. The van der Waals surface area contributed by atoms with Gasteiger partial charge in [0.05, 0.1) is 10.0 Å². The highest BCUT2D eigenvalue weighted by molar-refractivity contribution is 9.10.